The van der Waals surface area contributed by atoms with Gasteiger partial charge in [0, 0.05) is 44.5 Å². The van der Waals surface area contributed by atoms with E-state index in [0.29, 0.717) is 33.4 Å². The predicted octanol–water partition coefficient (Wildman–Crippen LogP) is 9.51. The molecule has 4 aromatic rings. The van der Waals surface area contributed by atoms with Gasteiger partial charge in [-0.3, -0.25) is 9.59 Å². The lowest BCUT2D eigenvalue weighted by Crippen LogP contribution is -2.21. The summed E-state index contributed by atoms with van der Waals surface area (Å²) in [5, 5.41) is 0. The van der Waals surface area contributed by atoms with Crippen molar-refractivity contribution in [2.75, 3.05) is 0 Å². The Bertz CT molecular complexity index is 1620. The minimum Gasteiger partial charge on any atom is -0.289 e. The summed E-state index contributed by atoms with van der Waals surface area (Å²) in [4.78, 5) is 26.9. The maximum Gasteiger partial charge on any atom is 0.194 e. The number of fused-ring (bicyclic) bond motifs is 2. The van der Waals surface area contributed by atoms with Crippen LogP contribution >= 0.6 is 0 Å². The fourth-order valence-electron chi connectivity index (χ4n) is 5.62. The molecular weight excluding hydrogens is 536 g/mol. The Kier molecular flexibility index (Phi) is 10.6. The molecule has 0 fully saturated rings. The summed E-state index contributed by atoms with van der Waals surface area (Å²) >= 11 is 0. The minimum absolute atomic E-state index is 0.153. The molecule has 0 bridgehead atoms. The summed E-state index contributed by atoms with van der Waals surface area (Å²) in [6.07, 6.45) is 12.2. The molecule has 0 atom stereocenters. The first-order valence-corrected chi connectivity index (χ1v) is 16.1. The van der Waals surface area contributed by atoms with Crippen LogP contribution in [0.4, 0.5) is 0 Å². The highest BCUT2D eigenvalue weighted by Crippen LogP contribution is 2.29. The first-order valence-electron chi connectivity index (χ1n) is 16.1. The van der Waals surface area contributed by atoms with E-state index >= 15 is 0 Å². The van der Waals surface area contributed by atoms with Crippen molar-refractivity contribution in [3.63, 3.8) is 0 Å². The van der Waals surface area contributed by atoms with E-state index in [1.165, 1.54) is 62.5 Å². The first kappa shape index (κ1) is 30.8. The average Bonchev–Trinajstić information content (AvgIpc) is 3.06. The van der Waals surface area contributed by atoms with Gasteiger partial charge >= 0.3 is 0 Å². The molecule has 220 valence electrons. The third kappa shape index (κ3) is 7.83. The normalized spacial score (nSPS) is 11.6. The molecule has 0 amide bonds. The van der Waals surface area contributed by atoms with Crippen LogP contribution in [0.3, 0.4) is 0 Å². The standard InChI is InChI=1S/C42H40O2/c1-3-5-7-9-11-31-13-17-33(18-14-31)21-23-35-25-27-37-39(29-35)41(43)38-28-26-36(30-40(38)42(37)44)24-22-34-19-15-32(16-20-34)12-10-8-6-4-2/h13-20,25-30H,3-12H2,1-2H3. The van der Waals surface area contributed by atoms with Crippen LogP contribution in [-0.2, 0) is 12.8 Å². The minimum atomic E-state index is -0.153. The molecule has 44 heavy (non-hydrogen) atoms. The van der Waals surface area contributed by atoms with Crippen molar-refractivity contribution in [2.24, 2.45) is 0 Å². The smallest absolute Gasteiger partial charge is 0.194 e. The summed E-state index contributed by atoms with van der Waals surface area (Å²) in [5.41, 5.74) is 7.60. The summed E-state index contributed by atoms with van der Waals surface area (Å²) < 4.78 is 0. The molecule has 0 heterocycles. The lowest BCUT2D eigenvalue weighted by molar-refractivity contribution is 0.0979. The molecule has 0 saturated heterocycles. The quantitative estimate of drug-likeness (QED) is 0.123. The van der Waals surface area contributed by atoms with Gasteiger partial charge in [0.05, 0.1) is 0 Å². The Hall–Kier alpha value is -4.66. The summed E-state index contributed by atoms with van der Waals surface area (Å²) in [5.74, 6) is 12.5. The van der Waals surface area contributed by atoms with Crippen LogP contribution in [-0.4, -0.2) is 11.6 Å². The topological polar surface area (TPSA) is 34.1 Å². The van der Waals surface area contributed by atoms with Crippen molar-refractivity contribution in [3.8, 4) is 23.7 Å². The Balaban J connectivity index is 1.26. The van der Waals surface area contributed by atoms with Crippen molar-refractivity contribution >= 4 is 11.6 Å². The number of unbranched alkanes of at least 4 members (excludes halogenated alkanes) is 6. The fraction of sp³-hybridized carbons (Fsp3) is 0.286. The molecule has 0 aromatic heterocycles. The van der Waals surface area contributed by atoms with Gasteiger partial charge in [-0.15, -0.1) is 0 Å². The second-order valence-electron chi connectivity index (χ2n) is 11.7. The van der Waals surface area contributed by atoms with Crippen LogP contribution in [0, 0.1) is 23.7 Å². The van der Waals surface area contributed by atoms with E-state index in [1.54, 1.807) is 24.3 Å². The maximum atomic E-state index is 13.4. The number of aryl methyl sites for hydroxylation is 2. The highest BCUT2D eigenvalue weighted by molar-refractivity contribution is 6.28. The van der Waals surface area contributed by atoms with Crippen LogP contribution in [0.25, 0.3) is 0 Å². The number of benzene rings is 4. The van der Waals surface area contributed by atoms with E-state index in [2.05, 4.69) is 86.1 Å². The highest BCUT2D eigenvalue weighted by Gasteiger charge is 2.29. The highest BCUT2D eigenvalue weighted by atomic mass is 16.1. The molecule has 5 rings (SSSR count). The Labute approximate surface area is 262 Å². The van der Waals surface area contributed by atoms with Gasteiger partial charge in [-0.2, -0.15) is 0 Å². The predicted molar refractivity (Wildman–Crippen MR) is 180 cm³/mol. The fourth-order valence-corrected chi connectivity index (χ4v) is 5.62. The Morgan fingerprint density at radius 2 is 0.773 bits per heavy atom. The van der Waals surface area contributed by atoms with E-state index in [0.717, 1.165) is 24.0 Å². The van der Waals surface area contributed by atoms with Gasteiger partial charge in [-0.25, -0.2) is 0 Å². The second kappa shape index (κ2) is 15.2. The zero-order valence-electron chi connectivity index (χ0n) is 26.0. The number of rotatable bonds is 10. The molecule has 1 aliphatic rings. The molecule has 1 aliphatic carbocycles. The largest absolute Gasteiger partial charge is 0.289 e. The number of carbonyl (C=O) groups excluding carboxylic acids is 2. The third-order valence-electron chi connectivity index (χ3n) is 8.27. The molecular formula is C42H40O2. The number of hydrogen-bond acceptors (Lipinski definition) is 2. The molecule has 0 radical (unpaired) electrons. The van der Waals surface area contributed by atoms with Crippen molar-refractivity contribution in [1.29, 1.82) is 0 Å². The van der Waals surface area contributed by atoms with Gasteiger partial charge < -0.3 is 0 Å². The van der Waals surface area contributed by atoms with Crippen molar-refractivity contribution in [3.05, 3.63) is 141 Å². The summed E-state index contributed by atoms with van der Waals surface area (Å²) in [6.45, 7) is 4.46. The van der Waals surface area contributed by atoms with Crippen molar-refractivity contribution in [2.45, 2.75) is 78.1 Å². The van der Waals surface area contributed by atoms with E-state index in [4.69, 9.17) is 0 Å². The van der Waals surface area contributed by atoms with Gasteiger partial charge in [0.25, 0.3) is 0 Å². The molecule has 2 heteroatoms. The van der Waals surface area contributed by atoms with Gasteiger partial charge in [-0.05, 0) is 97.5 Å². The van der Waals surface area contributed by atoms with E-state index in [1.807, 2.05) is 12.1 Å². The molecule has 2 nitrogen and oxygen atoms in total. The van der Waals surface area contributed by atoms with E-state index < -0.39 is 0 Å². The molecule has 0 unspecified atom stereocenters. The lowest BCUT2D eigenvalue weighted by atomic mass is 9.82. The molecule has 0 spiro atoms. The number of ketones is 2. The SMILES string of the molecule is CCCCCCc1ccc(C#Cc2ccc3c(c2)C(=O)c2ccc(C#Cc4ccc(CCCCCC)cc4)cc2C3=O)cc1. The number of hydrogen-bond donors (Lipinski definition) is 0. The Morgan fingerprint density at radius 3 is 1.16 bits per heavy atom. The average molecular weight is 577 g/mol. The summed E-state index contributed by atoms with van der Waals surface area (Å²) in [6, 6.07) is 27.4. The van der Waals surface area contributed by atoms with Crippen LogP contribution in [0.15, 0.2) is 84.9 Å². The van der Waals surface area contributed by atoms with Crippen LogP contribution < -0.4 is 0 Å². The first-order chi connectivity index (χ1) is 21.6. The van der Waals surface area contributed by atoms with Crippen molar-refractivity contribution < 1.29 is 9.59 Å². The van der Waals surface area contributed by atoms with Gasteiger partial charge in [0.15, 0.2) is 11.6 Å². The van der Waals surface area contributed by atoms with Crippen LogP contribution in [0.2, 0.25) is 0 Å². The number of carbonyl (C=O) groups is 2. The summed E-state index contributed by atoms with van der Waals surface area (Å²) in [7, 11) is 0. The second-order valence-corrected chi connectivity index (χ2v) is 11.7. The third-order valence-corrected chi connectivity index (χ3v) is 8.27. The molecule has 0 saturated carbocycles. The van der Waals surface area contributed by atoms with Crippen LogP contribution in [0.5, 0.6) is 0 Å². The molecule has 0 aliphatic heterocycles. The van der Waals surface area contributed by atoms with Gasteiger partial charge in [-0.1, -0.05) is 100 Å². The van der Waals surface area contributed by atoms with E-state index in [9.17, 15) is 9.59 Å². The zero-order valence-corrected chi connectivity index (χ0v) is 26.0. The Morgan fingerprint density at radius 1 is 0.409 bits per heavy atom. The van der Waals surface area contributed by atoms with Gasteiger partial charge in [0.2, 0.25) is 0 Å². The van der Waals surface area contributed by atoms with E-state index in [-0.39, 0.29) is 11.6 Å². The zero-order chi connectivity index (χ0) is 30.7. The molecule has 0 N–H and O–H groups in total. The van der Waals surface area contributed by atoms with Crippen molar-refractivity contribution in [1.82, 2.24) is 0 Å². The van der Waals surface area contributed by atoms with Crippen LogP contribution in [0.1, 0.15) is 130 Å². The molecule has 4 aromatic carbocycles. The maximum absolute atomic E-state index is 13.4. The van der Waals surface area contributed by atoms with Gasteiger partial charge in [0.1, 0.15) is 0 Å². The lowest BCUT2D eigenvalue weighted by Gasteiger charge is -2.17. The monoisotopic (exact) mass is 576 g/mol.